The first-order chi connectivity index (χ1) is 8.08. The first kappa shape index (κ1) is 14.7. The van der Waals surface area contributed by atoms with Crippen molar-refractivity contribution in [3.05, 3.63) is 24.0 Å². The molecule has 3 nitrogen and oxygen atoms in total. The molecule has 0 radical (unpaired) electrons. The molecular formula is C15H24N2O. The Hall–Kier alpha value is -1.38. The Morgan fingerprint density at radius 3 is 2.17 bits per heavy atom. The van der Waals surface area contributed by atoms with Gasteiger partial charge in [-0.05, 0) is 24.0 Å². The molecule has 1 heterocycles. The Bertz CT molecular complexity index is 408. The van der Waals surface area contributed by atoms with E-state index >= 15 is 0 Å². The Kier molecular flexibility index (Phi) is 4.15. The monoisotopic (exact) mass is 248 g/mol. The average Bonchev–Trinajstić information content (AvgIpc) is 2.17. The SMILES string of the molecule is CC(C)(C)Cc1ccc(NC(=O)C(C)(C)C)cn1. The zero-order valence-corrected chi connectivity index (χ0v) is 12.3. The van der Waals surface area contributed by atoms with Gasteiger partial charge in [0, 0.05) is 11.1 Å². The Labute approximate surface area is 110 Å². The summed E-state index contributed by atoms with van der Waals surface area (Å²) in [5, 5.41) is 2.87. The van der Waals surface area contributed by atoms with Crippen molar-refractivity contribution in [3.63, 3.8) is 0 Å². The van der Waals surface area contributed by atoms with Crippen molar-refractivity contribution in [2.75, 3.05) is 5.32 Å². The van der Waals surface area contributed by atoms with Crippen LogP contribution in [0.4, 0.5) is 5.69 Å². The third kappa shape index (κ3) is 4.86. The highest BCUT2D eigenvalue weighted by Crippen LogP contribution is 2.21. The normalized spacial score (nSPS) is 12.3. The van der Waals surface area contributed by atoms with E-state index in [-0.39, 0.29) is 16.7 Å². The van der Waals surface area contributed by atoms with Crippen LogP contribution in [0.15, 0.2) is 18.3 Å². The van der Waals surface area contributed by atoms with Crippen molar-refractivity contribution >= 4 is 11.6 Å². The van der Waals surface area contributed by atoms with Gasteiger partial charge in [-0.3, -0.25) is 9.78 Å². The Balaban J connectivity index is 2.70. The molecule has 0 aliphatic rings. The maximum Gasteiger partial charge on any atom is 0.229 e. The average molecular weight is 248 g/mol. The largest absolute Gasteiger partial charge is 0.324 e. The maximum absolute atomic E-state index is 11.8. The predicted octanol–water partition coefficient (Wildman–Crippen LogP) is 3.65. The summed E-state index contributed by atoms with van der Waals surface area (Å²) in [7, 11) is 0. The number of hydrogen-bond donors (Lipinski definition) is 1. The molecular weight excluding hydrogens is 224 g/mol. The van der Waals surface area contributed by atoms with Gasteiger partial charge in [-0.1, -0.05) is 41.5 Å². The van der Waals surface area contributed by atoms with Gasteiger partial charge in [-0.25, -0.2) is 0 Å². The summed E-state index contributed by atoms with van der Waals surface area (Å²) in [6.45, 7) is 12.2. The molecule has 18 heavy (non-hydrogen) atoms. The summed E-state index contributed by atoms with van der Waals surface area (Å²) in [5.74, 6) is 0.00729. The van der Waals surface area contributed by atoms with Crippen LogP contribution in [0.5, 0.6) is 0 Å². The van der Waals surface area contributed by atoms with Crippen molar-refractivity contribution in [1.29, 1.82) is 0 Å². The predicted molar refractivity (Wildman–Crippen MR) is 75.5 cm³/mol. The summed E-state index contributed by atoms with van der Waals surface area (Å²) in [6.07, 6.45) is 2.66. The van der Waals surface area contributed by atoms with E-state index in [4.69, 9.17) is 0 Å². The number of nitrogens with zero attached hydrogens (tertiary/aromatic N) is 1. The molecule has 0 fully saturated rings. The van der Waals surface area contributed by atoms with Gasteiger partial charge in [0.1, 0.15) is 0 Å². The van der Waals surface area contributed by atoms with Crippen LogP contribution in [-0.4, -0.2) is 10.9 Å². The zero-order chi connectivity index (χ0) is 14.0. The molecule has 0 aliphatic heterocycles. The van der Waals surface area contributed by atoms with Gasteiger partial charge >= 0.3 is 0 Å². The highest BCUT2D eigenvalue weighted by molar-refractivity contribution is 5.94. The fourth-order valence-corrected chi connectivity index (χ4v) is 1.46. The number of carbonyl (C=O) groups excluding carboxylic acids is 1. The molecule has 0 saturated heterocycles. The van der Waals surface area contributed by atoms with E-state index in [9.17, 15) is 4.79 Å². The van der Waals surface area contributed by atoms with Crippen molar-refractivity contribution < 1.29 is 4.79 Å². The lowest BCUT2D eigenvalue weighted by Crippen LogP contribution is -2.27. The molecule has 1 amide bonds. The molecule has 1 aromatic rings. The molecule has 1 rings (SSSR count). The number of carbonyl (C=O) groups is 1. The van der Waals surface area contributed by atoms with Gasteiger partial charge in [0.05, 0.1) is 11.9 Å². The topological polar surface area (TPSA) is 42.0 Å². The molecule has 0 unspecified atom stereocenters. The molecule has 1 N–H and O–H groups in total. The number of aromatic nitrogens is 1. The Morgan fingerprint density at radius 1 is 1.17 bits per heavy atom. The lowest BCUT2D eigenvalue weighted by Gasteiger charge is -2.19. The number of amides is 1. The Morgan fingerprint density at radius 2 is 1.78 bits per heavy atom. The van der Waals surface area contributed by atoms with Crippen molar-refractivity contribution in [3.8, 4) is 0 Å². The van der Waals surface area contributed by atoms with E-state index in [2.05, 4.69) is 31.1 Å². The fourth-order valence-electron chi connectivity index (χ4n) is 1.46. The van der Waals surface area contributed by atoms with E-state index in [1.54, 1.807) is 6.20 Å². The molecule has 1 aromatic heterocycles. The van der Waals surface area contributed by atoms with Crippen LogP contribution < -0.4 is 5.32 Å². The molecule has 100 valence electrons. The number of nitrogens with one attached hydrogen (secondary N) is 1. The van der Waals surface area contributed by atoms with Crippen LogP contribution in [0.1, 0.15) is 47.2 Å². The van der Waals surface area contributed by atoms with Crippen molar-refractivity contribution in [1.82, 2.24) is 4.98 Å². The van der Waals surface area contributed by atoms with E-state index in [0.29, 0.717) is 0 Å². The lowest BCUT2D eigenvalue weighted by atomic mass is 9.90. The van der Waals surface area contributed by atoms with Gasteiger partial charge in [0.25, 0.3) is 0 Å². The van der Waals surface area contributed by atoms with Gasteiger partial charge in [0.2, 0.25) is 5.91 Å². The summed E-state index contributed by atoms with van der Waals surface area (Å²) in [6, 6.07) is 3.89. The second-order valence-electron chi connectivity index (χ2n) is 6.98. The van der Waals surface area contributed by atoms with Gasteiger partial charge in [0.15, 0.2) is 0 Å². The summed E-state index contributed by atoms with van der Waals surface area (Å²) in [4.78, 5) is 16.2. The number of pyridine rings is 1. The van der Waals surface area contributed by atoms with E-state index in [0.717, 1.165) is 17.8 Å². The van der Waals surface area contributed by atoms with E-state index in [1.165, 1.54) is 0 Å². The molecule has 0 atom stereocenters. The van der Waals surface area contributed by atoms with Gasteiger partial charge in [-0.2, -0.15) is 0 Å². The molecule has 0 bridgehead atoms. The van der Waals surface area contributed by atoms with Crippen LogP contribution in [0, 0.1) is 10.8 Å². The van der Waals surface area contributed by atoms with Gasteiger partial charge in [-0.15, -0.1) is 0 Å². The fraction of sp³-hybridized carbons (Fsp3) is 0.600. The summed E-state index contributed by atoms with van der Waals surface area (Å²) < 4.78 is 0. The minimum Gasteiger partial charge on any atom is -0.324 e. The van der Waals surface area contributed by atoms with Crippen molar-refractivity contribution in [2.24, 2.45) is 10.8 Å². The third-order valence-corrected chi connectivity index (χ3v) is 2.48. The van der Waals surface area contributed by atoms with Crippen molar-refractivity contribution in [2.45, 2.75) is 48.0 Å². The minimum absolute atomic E-state index is 0.00729. The van der Waals surface area contributed by atoms with E-state index < -0.39 is 0 Å². The smallest absolute Gasteiger partial charge is 0.229 e. The van der Waals surface area contributed by atoms with Gasteiger partial charge < -0.3 is 5.32 Å². The highest BCUT2D eigenvalue weighted by atomic mass is 16.2. The first-order valence-electron chi connectivity index (χ1n) is 6.34. The van der Waals surface area contributed by atoms with Crippen LogP contribution in [0.2, 0.25) is 0 Å². The number of hydrogen-bond acceptors (Lipinski definition) is 2. The van der Waals surface area contributed by atoms with Crippen LogP contribution in [0.3, 0.4) is 0 Å². The maximum atomic E-state index is 11.8. The molecule has 0 aromatic carbocycles. The second kappa shape index (κ2) is 5.09. The summed E-state index contributed by atoms with van der Waals surface area (Å²) in [5.41, 5.74) is 1.65. The lowest BCUT2D eigenvalue weighted by molar-refractivity contribution is -0.123. The number of anilines is 1. The molecule has 0 spiro atoms. The summed E-state index contributed by atoms with van der Waals surface area (Å²) >= 11 is 0. The van der Waals surface area contributed by atoms with Crippen LogP contribution >= 0.6 is 0 Å². The third-order valence-electron chi connectivity index (χ3n) is 2.48. The second-order valence-corrected chi connectivity index (χ2v) is 6.98. The zero-order valence-electron chi connectivity index (χ0n) is 12.3. The quantitative estimate of drug-likeness (QED) is 0.868. The first-order valence-corrected chi connectivity index (χ1v) is 6.34. The van der Waals surface area contributed by atoms with Crippen LogP contribution in [-0.2, 0) is 11.2 Å². The highest BCUT2D eigenvalue weighted by Gasteiger charge is 2.21. The molecule has 0 aliphatic carbocycles. The number of rotatable bonds is 2. The molecule has 3 heteroatoms. The molecule has 0 saturated carbocycles. The van der Waals surface area contributed by atoms with Crippen LogP contribution in [0.25, 0.3) is 0 Å². The standard InChI is InChI=1S/C15H24N2O/c1-14(2,3)9-11-7-8-12(10-16-11)17-13(18)15(4,5)6/h7-8,10H,9H2,1-6H3,(H,17,18). The minimum atomic E-state index is -0.385. The van der Waals surface area contributed by atoms with E-state index in [1.807, 2.05) is 32.9 Å².